The third-order valence-corrected chi connectivity index (χ3v) is 4.50. The van der Waals surface area contributed by atoms with E-state index in [2.05, 4.69) is 51.4 Å². The van der Waals surface area contributed by atoms with E-state index >= 15 is 0 Å². The van der Waals surface area contributed by atoms with Crippen molar-refractivity contribution in [1.82, 2.24) is 0 Å². The molecule has 0 atom stereocenters. The van der Waals surface area contributed by atoms with Crippen LogP contribution in [0, 0.1) is 13.8 Å². The Hall–Kier alpha value is 3.20. The van der Waals surface area contributed by atoms with Crippen molar-refractivity contribution in [3.8, 4) is 0 Å². The maximum atomic E-state index is 3.25. The van der Waals surface area contributed by atoms with Gasteiger partial charge in [-0.1, -0.05) is 64.8 Å². The Morgan fingerprint density at radius 1 is 0.412 bits per heavy atom. The van der Waals surface area contributed by atoms with E-state index in [9.17, 15) is 0 Å². The number of rotatable bonds is 3. The van der Waals surface area contributed by atoms with Crippen LogP contribution in [0.15, 0.2) is 0 Å². The van der Waals surface area contributed by atoms with E-state index in [4.69, 9.17) is 0 Å². The SMILES string of the molecule is CSSC.CSSC.CSSC.[CH2-]C.[CH2-]C.[Y]. The van der Waals surface area contributed by atoms with Crippen LogP contribution in [-0.4, -0.2) is 37.5 Å². The van der Waals surface area contributed by atoms with Crippen LogP contribution in [0.4, 0.5) is 0 Å². The molecule has 0 heterocycles. The Morgan fingerprint density at radius 2 is 0.471 bits per heavy atom. The van der Waals surface area contributed by atoms with Crippen LogP contribution >= 0.6 is 64.8 Å². The molecule has 0 aliphatic carbocycles. The molecule has 0 N–H and O–H groups in total. The zero-order chi connectivity index (χ0) is 14.2. The van der Waals surface area contributed by atoms with Crippen molar-refractivity contribution in [2.24, 2.45) is 0 Å². The van der Waals surface area contributed by atoms with E-state index in [0.717, 1.165) is 0 Å². The van der Waals surface area contributed by atoms with Gasteiger partial charge in [-0.2, -0.15) is 13.8 Å². The first-order valence-electron chi connectivity index (χ1n) is 4.36. The van der Waals surface area contributed by atoms with Crippen LogP contribution in [0.3, 0.4) is 0 Å². The average Bonchev–Trinajstić information content (AvgIpc) is 2.43. The van der Waals surface area contributed by atoms with Crippen LogP contribution in [-0.2, 0) is 32.7 Å². The summed E-state index contributed by atoms with van der Waals surface area (Å²) in [6.45, 7) is 10.0. The van der Waals surface area contributed by atoms with Crippen LogP contribution < -0.4 is 0 Å². The molecule has 0 rings (SSSR count). The first kappa shape index (κ1) is 36.9. The Morgan fingerprint density at radius 3 is 0.471 bits per heavy atom. The minimum absolute atomic E-state index is 0. The van der Waals surface area contributed by atoms with Crippen molar-refractivity contribution in [3.63, 3.8) is 0 Å². The molecule has 17 heavy (non-hydrogen) atoms. The zero-order valence-corrected chi connectivity index (χ0v) is 20.2. The molecule has 0 aromatic carbocycles. The number of hydrogen-bond donors (Lipinski definition) is 0. The van der Waals surface area contributed by atoms with Gasteiger partial charge in [0.15, 0.2) is 0 Å². The predicted octanol–water partition coefficient (Wildman–Crippen LogP) is 6.56. The van der Waals surface area contributed by atoms with Crippen molar-refractivity contribution in [3.05, 3.63) is 13.8 Å². The van der Waals surface area contributed by atoms with Gasteiger partial charge in [-0.15, -0.1) is 0 Å². The fraction of sp³-hybridized carbons (Fsp3) is 0.800. The van der Waals surface area contributed by atoms with Gasteiger partial charge in [0.05, 0.1) is 0 Å². The van der Waals surface area contributed by atoms with Crippen LogP contribution in [0.1, 0.15) is 13.8 Å². The van der Waals surface area contributed by atoms with Crippen molar-refractivity contribution in [1.29, 1.82) is 0 Å². The first-order chi connectivity index (χ1) is 7.74. The fourth-order valence-electron chi connectivity index (χ4n) is 0. The summed E-state index contributed by atoms with van der Waals surface area (Å²) in [6.07, 6.45) is 12.4. The van der Waals surface area contributed by atoms with Crippen molar-refractivity contribution < 1.29 is 32.7 Å². The second-order valence-corrected chi connectivity index (χ2v) is 9.00. The Labute approximate surface area is 160 Å². The third kappa shape index (κ3) is 148. The zero-order valence-electron chi connectivity index (χ0n) is 12.4. The standard InChI is InChI=1S/3C2H6S2.2C2H5.Y/c3*1-3-4-2;2*1-2;/h3*1-2H3;2*1H2,2H3;/q;;;2*-1;. The van der Waals surface area contributed by atoms with Gasteiger partial charge in [0, 0.05) is 32.7 Å². The molecule has 0 nitrogen and oxygen atoms in total. The van der Waals surface area contributed by atoms with Gasteiger partial charge < -0.3 is 13.8 Å². The van der Waals surface area contributed by atoms with Crippen molar-refractivity contribution in [2.45, 2.75) is 13.8 Å². The van der Waals surface area contributed by atoms with Crippen molar-refractivity contribution >= 4 is 64.8 Å². The second-order valence-electron chi connectivity index (χ2n) is 1.00. The minimum Gasteiger partial charge on any atom is -0.346 e. The van der Waals surface area contributed by atoms with E-state index < -0.39 is 0 Å². The van der Waals surface area contributed by atoms with Gasteiger partial charge >= 0.3 is 0 Å². The maximum Gasteiger partial charge on any atom is 0 e. The molecular formula is C10H28S6Y-2. The van der Waals surface area contributed by atoms with Gasteiger partial charge in [0.1, 0.15) is 0 Å². The van der Waals surface area contributed by atoms with Gasteiger partial charge in [-0.3, -0.25) is 0 Å². The molecule has 1 radical (unpaired) electrons. The topological polar surface area (TPSA) is 0 Å². The number of hydrogen-bond acceptors (Lipinski definition) is 6. The molecule has 0 aliphatic rings. The predicted molar refractivity (Wildman–Crippen MR) is 103 cm³/mol. The monoisotopic (exact) mass is 429 g/mol. The molecule has 0 aliphatic heterocycles. The van der Waals surface area contributed by atoms with Gasteiger partial charge in [0.2, 0.25) is 0 Å². The van der Waals surface area contributed by atoms with Crippen LogP contribution in [0.5, 0.6) is 0 Å². The summed E-state index contributed by atoms with van der Waals surface area (Å²) in [5.41, 5.74) is 0. The molecule has 0 aromatic heterocycles. The Balaban J connectivity index is -0.0000000227. The van der Waals surface area contributed by atoms with E-state index in [-0.39, 0.29) is 32.7 Å². The summed E-state index contributed by atoms with van der Waals surface area (Å²) in [5.74, 6) is 0. The fourth-order valence-corrected chi connectivity index (χ4v) is 0. The summed E-state index contributed by atoms with van der Waals surface area (Å²) in [4.78, 5) is 0. The largest absolute Gasteiger partial charge is 0.346 e. The molecule has 0 saturated carbocycles. The summed E-state index contributed by atoms with van der Waals surface area (Å²) >= 11 is 0. The summed E-state index contributed by atoms with van der Waals surface area (Å²) in [5, 5.41) is 0. The summed E-state index contributed by atoms with van der Waals surface area (Å²) in [6, 6.07) is 0. The van der Waals surface area contributed by atoms with Gasteiger partial charge in [-0.05, 0) is 37.5 Å². The smallest absolute Gasteiger partial charge is 0 e. The normalized spacial score (nSPS) is 6.00. The molecular weight excluding hydrogens is 401 g/mol. The maximum absolute atomic E-state index is 3.25. The third-order valence-electron chi connectivity index (χ3n) is 0.500. The molecule has 0 fully saturated rings. The average molecular weight is 430 g/mol. The van der Waals surface area contributed by atoms with E-state index in [1.165, 1.54) is 0 Å². The quantitative estimate of drug-likeness (QED) is 0.365. The molecule has 109 valence electrons. The first-order valence-corrected chi connectivity index (χ1v) is 13.3. The van der Waals surface area contributed by atoms with E-state index in [1.807, 2.05) is 0 Å². The molecule has 0 bridgehead atoms. The van der Waals surface area contributed by atoms with Crippen molar-refractivity contribution in [2.75, 3.05) is 37.5 Å². The van der Waals surface area contributed by atoms with Crippen LogP contribution in [0.2, 0.25) is 0 Å². The Kier molecular flexibility index (Phi) is 163. The molecule has 7 heteroatoms. The summed E-state index contributed by atoms with van der Waals surface area (Å²) < 4.78 is 0. The minimum atomic E-state index is 0. The second kappa shape index (κ2) is 75.1. The Bertz CT molecular complexity index is 36.3. The molecule has 0 saturated heterocycles. The molecule has 0 amide bonds. The van der Waals surface area contributed by atoms with Gasteiger partial charge in [0.25, 0.3) is 0 Å². The van der Waals surface area contributed by atoms with E-state index in [1.54, 1.807) is 78.6 Å². The molecule has 0 spiro atoms. The van der Waals surface area contributed by atoms with Crippen LogP contribution in [0.25, 0.3) is 0 Å². The molecule has 0 unspecified atom stereocenters. The summed E-state index contributed by atoms with van der Waals surface area (Å²) in [7, 11) is 10.6. The van der Waals surface area contributed by atoms with Gasteiger partial charge in [-0.25, -0.2) is 0 Å². The molecule has 0 aromatic rings. The van der Waals surface area contributed by atoms with E-state index in [0.29, 0.717) is 0 Å².